The zero-order chi connectivity index (χ0) is 8.27. The van der Waals surface area contributed by atoms with E-state index < -0.39 is 0 Å². The average Bonchev–Trinajstić information content (AvgIpc) is 1.93. The van der Waals surface area contributed by atoms with Gasteiger partial charge in [-0.3, -0.25) is 0 Å². The quantitative estimate of drug-likeness (QED) is 0.616. The highest BCUT2D eigenvalue weighted by Gasteiger charge is 1.92. The molecule has 0 atom stereocenters. The zero-order valence-corrected chi connectivity index (χ0v) is 7.06. The Kier molecular flexibility index (Phi) is 2.55. The van der Waals surface area contributed by atoms with Gasteiger partial charge in [0.2, 0.25) is 0 Å². The molecule has 0 radical (unpaired) electrons. The van der Waals surface area contributed by atoms with E-state index in [0.717, 1.165) is 5.75 Å². The first-order chi connectivity index (χ1) is 5.18. The lowest BCUT2D eigenvalue weighted by molar-refractivity contribution is 0.430. The van der Waals surface area contributed by atoms with Crippen LogP contribution in [0.4, 0.5) is 0 Å². The summed E-state index contributed by atoms with van der Waals surface area (Å²) in [7, 11) is 0. The van der Waals surface area contributed by atoms with Crippen molar-refractivity contribution in [1.82, 2.24) is 0 Å². The zero-order valence-electron chi connectivity index (χ0n) is 6.30. The number of hydrogen-bond acceptors (Lipinski definition) is 1. The molecule has 58 valence electrons. The van der Waals surface area contributed by atoms with Crippen LogP contribution < -0.4 is 4.74 Å². The number of hydrogen-bond donors (Lipinski definition) is 0. The lowest BCUT2D eigenvalue weighted by Crippen LogP contribution is -1.86. The third-order valence-corrected chi connectivity index (χ3v) is 1.36. The van der Waals surface area contributed by atoms with Gasteiger partial charge in [0.1, 0.15) is 5.75 Å². The van der Waals surface area contributed by atoms with Crippen molar-refractivity contribution in [2.75, 3.05) is 0 Å². The molecule has 1 aromatic carbocycles. The summed E-state index contributed by atoms with van der Waals surface area (Å²) >= 11 is 5.67. The van der Waals surface area contributed by atoms with Crippen LogP contribution in [0, 0.1) is 0 Å². The van der Waals surface area contributed by atoms with Gasteiger partial charge in [-0.25, -0.2) is 0 Å². The van der Waals surface area contributed by atoms with Gasteiger partial charge in [-0.05, 0) is 31.2 Å². The fraction of sp³-hybridized carbons (Fsp3) is 0.111. The third-order valence-electron chi connectivity index (χ3n) is 1.11. The van der Waals surface area contributed by atoms with E-state index in [9.17, 15) is 0 Å². The van der Waals surface area contributed by atoms with Crippen LogP contribution in [0.15, 0.2) is 36.6 Å². The highest BCUT2D eigenvalue weighted by molar-refractivity contribution is 6.30. The van der Waals surface area contributed by atoms with E-state index in [0.29, 0.717) is 10.8 Å². The van der Waals surface area contributed by atoms with Crippen molar-refractivity contribution in [1.29, 1.82) is 0 Å². The Bertz CT molecular complexity index is 251. The SMILES string of the molecule is C=C(C)Oc1ccc(Cl)cc1. The summed E-state index contributed by atoms with van der Waals surface area (Å²) in [5.41, 5.74) is 0. The normalized spacial score (nSPS) is 9.27. The maximum absolute atomic E-state index is 5.67. The number of benzene rings is 1. The molecule has 0 bridgehead atoms. The van der Waals surface area contributed by atoms with E-state index in [1.165, 1.54) is 0 Å². The average molecular weight is 169 g/mol. The molecule has 0 aliphatic rings. The summed E-state index contributed by atoms with van der Waals surface area (Å²) in [6.45, 7) is 5.42. The fourth-order valence-electron chi connectivity index (χ4n) is 0.704. The molecule has 0 aliphatic carbocycles. The number of allylic oxidation sites excluding steroid dienone is 1. The largest absolute Gasteiger partial charge is 0.463 e. The second-order valence-electron chi connectivity index (χ2n) is 2.26. The molecule has 11 heavy (non-hydrogen) atoms. The topological polar surface area (TPSA) is 9.23 Å². The lowest BCUT2D eigenvalue weighted by atomic mass is 10.3. The molecule has 0 spiro atoms. The van der Waals surface area contributed by atoms with Crippen molar-refractivity contribution >= 4 is 11.6 Å². The van der Waals surface area contributed by atoms with Gasteiger partial charge < -0.3 is 4.74 Å². The molecule has 0 saturated carbocycles. The maximum Gasteiger partial charge on any atom is 0.126 e. The van der Waals surface area contributed by atoms with Crippen LogP contribution >= 0.6 is 11.6 Å². The van der Waals surface area contributed by atoms with Gasteiger partial charge in [-0.15, -0.1) is 0 Å². The van der Waals surface area contributed by atoms with Crippen LogP contribution in [0.1, 0.15) is 6.92 Å². The van der Waals surface area contributed by atoms with Gasteiger partial charge in [-0.2, -0.15) is 0 Å². The van der Waals surface area contributed by atoms with Gasteiger partial charge in [0.15, 0.2) is 0 Å². The molecular formula is C9H9ClO. The summed E-state index contributed by atoms with van der Waals surface area (Å²) < 4.78 is 5.22. The molecule has 1 aromatic rings. The Labute approximate surface area is 71.3 Å². The number of rotatable bonds is 2. The molecule has 1 nitrogen and oxygen atoms in total. The molecule has 0 heterocycles. The molecule has 0 aliphatic heterocycles. The first-order valence-electron chi connectivity index (χ1n) is 3.27. The summed E-state index contributed by atoms with van der Waals surface area (Å²) in [4.78, 5) is 0. The highest BCUT2D eigenvalue weighted by atomic mass is 35.5. The maximum atomic E-state index is 5.67. The predicted octanol–water partition coefficient (Wildman–Crippen LogP) is 3.25. The third kappa shape index (κ3) is 2.64. The predicted molar refractivity (Wildman–Crippen MR) is 46.9 cm³/mol. The second-order valence-corrected chi connectivity index (χ2v) is 2.69. The van der Waals surface area contributed by atoms with Crippen LogP contribution in [0.25, 0.3) is 0 Å². The Morgan fingerprint density at radius 3 is 2.36 bits per heavy atom. The van der Waals surface area contributed by atoms with E-state index in [4.69, 9.17) is 16.3 Å². The molecule has 0 unspecified atom stereocenters. The minimum atomic E-state index is 0.673. The van der Waals surface area contributed by atoms with Crippen molar-refractivity contribution in [2.45, 2.75) is 6.92 Å². The first-order valence-corrected chi connectivity index (χ1v) is 3.65. The van der Waals surface area contributed by atoms with Crippen LogP contribution in [-0.2, 0) is 0 Å². The van der Waals surface area contributed by atoms with Crippen molar-refractivity contribution in [3.63, 3.8) is 0 Å². The molecule has 0 N–H and O–H groups in total. The second kappa shape index (κ2) is 3.44. The van der Waals surface area contributed by atoms with Crippen LogP contribution in [-0.4, -0.2) is 0 Å². The number of ether oxygens (including phenoxy) is 1. The Morgan fingerprint density at radius 1 is 1.36 bits per heavy atom. The summed E-state index contributed by atoms with van der Waals surface area (Å²) in [5.74, 6) is 1.44. The van der Waals surface area contributed by atoms with Gasteiger partial charge in [-0.1, -0.05) is 18.2 Å². The molecule has 0 amide bonds. The van der Waals surface area contributed by atoms with Crippen molar-refractivity contribution in [3.8, 4) is 5.75 Å². The molecule has 2 heteroatoms. The van der Waals surface area contributed by atoms with Gasteiger partial charge in [0.25, 0.3) is 0 Å². The van der Waals surface area contributed by atoms with Crippen molar-refractivity contribution < 1.29 is 4.74 Å². The molecule has 1 rings (SSSR count). The molecule has 0 saturated heterocycles. The van der Waals surface area contributed by atoms with Crippen LogP contribution in [0.3, 0.4) is 0 Å². The molecule has 0 aromatic heterocycles. The smallest absolute Gasteiger partial charge is 0.126 e. The van der Waals surface area contributed by atoms with Crippen molar-refractivity contribution in [2.24, 2.45) is 0 Å². The van der Waals surface area contributed by atoms with Crippen LogP contribution in [0.2, 0.25) is 5.02 Å². The van der Waals surface area contributed by atoms with E-state index in [2.05, 4.69) is 6.58 Å². The standard InChI is InChI=1S/C9H9ClO/c1-7(2)11-9-5-3-8(10)4-6-9/h3-6H,1H2,2H3. The Balaban J connectivity index is 2.74. The van der Waals surface area contributed by atoms with Crippen molar-refractivity contribution in [3.05, 3.63) is 41.6 Å². The number of halogens is 1. The monoisotopic (exact) mass is 168 g/mol. The Hall–Kier alpha value is -0.950. The fourth-order valence-corrected chi connectivity index (χ4v) is 0.830. The van der Waals surface area contributed by atoms with Gasteiger partial charge in [0, 0.05) is 5.02 Å². The summed E-state index contributed by atoms with van der Waals surface area (Å²) in [6.07, 6.45) is 0. The van der Waals surface area contributed by atoms with E-state index in [1.54, 1.807) is 31.2 Å². The first kappa shape index (κ1) is 8.15. The highest BCUT2D eigenvalue weighted by Crippen LogP contribution is 2.16. The van der Waals surface area contributed by atoms with Crippen LogP contribution in [0.5, 0.6) is 5.75 Å². The van der Waals surface area contributed by atoms with E-state index in [1.807, 2.05) is 0 Å². The molecular weight excluding hydrogens is 160 g/mol. The Morgan fingerprint density at radius 2 is 1.91 bits per heavy atom. The van der Waals surface area contributed by atoms with E-state index >= 15 is 0 Å². The minimum Gasteiger partial charge on any atom is -0.463 e. The van der Waals surface area contributed by atoms with Gasteiger partial charge >= 0.3 is 0 Å². The minimum absolute atomic E-state index is 0.673. The summed E-state index contributed by atoms with van der Waals surface area (Å²) in [5, 5.41) is 0.707. The molecule has 0 fully saturated rings. The summed E-state index contributed by atoms with van der Waals surface area (Å²) in [6, 6.07) is 7.16. The lowest BCUT2D eigenvalue weighted by Gasteiger charge is -2.02. The van der Waals surface area contributed by atoms with Gasteiger partial charge in [0.05, 0.1) is 5.76 Å². The van der Waals surface area contributed by atoms with E-state index in [-0.39, 0.29) is 0 Å².